The Morgan fingerprint density at radius 1 is 1.14 bits per heavy atom. The molecular formula is C12H20F3NO5. The van der Waals surface area contributed by atoms with Gasteiger partial charge in [0.2, 0.25) is 0 Å². The number of carbonyl (C=O) groups excluding carboxylic acids is 1. The van der Waals surface area contributed by atoms with Gasteiger partial charge >= 0.3 is 18.2 Å². The third kappa shape index (κ3) is 7.74. The van der Waals surface area contributed by atoms with Gasteiger partial charge in [0.05, 0.1) is 6.10 Å². The van der Waals surface area contributed by atoms with Gasteiger partial charge in [0, 0.05) is 0 Å². The van der Waals surface area contributed by atoms with Crippen molar-refractivity contribution in [1.29, 1.82) is 0 Å². The first-order valence-electron chi connectivity index (χ1n) is 6.18. The third-order valence-corrected chi connectivity index (χ3v) is 2.29. The number of hydrogen-bond donors (Lipinski definition) is 2. The Hall–Kier alpha value is -1.51. The van der Waals surface area contributed by atoms with E-state index in [2.05, 4.69) is 4.74 Å². The minimum absolute atomic E-state index is 0.753. The lowest BCUT2D eigenvalue weighted by molar-refractivity contribution is -0.228. The number of carbonyl (C=O) groups is 2. The van der Waals surface area contributed by atoms with Crippen LogP contribution < -0.4 is 5.32 Å². The number of nitrogens with one attached hydrogen (secondary N) is 1. The first kappa shape index (κ1) is 19.5. The number of carboxylic acids is 1. The van der Waals surface area contributed by atoms with Crippen molar-refractivity contribution in [2.24, 2.45) is 0 Å². The molecule has 1 amide bonds. The molecule has 0 aromatic heterocycles. The smallest absolute Gasteiger partial charge is 0.414 e. The van der Waals surface area contributed by atoms with Crippen molar-refractivity contribution >= 4 is 12.1 Å². The molecule has 6 nitrogen and oxygen atoms in total. The van der Waals surface area contributed by atoms with Crippen molar-refractivity contribution in [3.8, 4) is 0 Å². The molecule has 0 radical (unpaired) electrons. The van der Waals surface area contributed by atoms with Crippen molar-refractivity contribution < 1.29 is 37.3 Å². The number of carboxylic acid groups (broad SMARTS) is 1. The summed E-state index contributed by atoms with van der Waals surface area (Å²) in [6.07, 6.45) is -9.23. The van der Waals surface area contributed by atoms with Crippen LogP contribution in [0, 0.1) is 0 Å². The summed E-state index contributed by atoms with van der Waals surface area (Å²) < 4.78 is 46.6. The SMILES string of the molecule is C[C@@H](O[C@H](C)C(F)(F)F)[C@H](NC(=O)OC(C)(C)C)C(=O)O. The molecule has 0 unspecified atom stereocenters. The van der Waals surface area contributed by atoms with Crippen molar-refractivity contribution in [3.05, 3.63) is 0 Å². The van der Waals surface area contributed by atoms with Gasteiger partial charge in [0.25, 0.3) is 0 Å². The molecule has 0 rings (SSSR count). The predicted molar refractivity (Wildman–Crippen MR) is 66.9 cm³/mol. The zero-order chi connectivity index (χ0) is 17.0. The molecule has 3 atom stereocenters. The van der Waals surface area contributed by atoms with E-state index in [4.69, 9.17) is 9.84 Å². The highest BCUT2D eigenvalue weighted by molar-refractivity contribution is 5.80. The topological polar surface area (TPSA) is 84.9 Å². The monoisotopic (exact) mass is 315 g/mol. The standard InChI is InChI=1S/C12H20F3NO5/c1-6(20-7(2)12(13,14)15)8(9(17)18)16-10(19)21-11(3,4)5/h6-8H,1-5H3,(H,16,19)(H,17,18)/t6-,7-,8+/m1/s1. The van der Waals surface area contributed by atoms with Crippen LogP contribution in [-0.4, -0.2) is 47.2 Å². The minimum atomic E-state index is -4.62. The molecule has 21 heavy (non-hydrogen) atoms. The van der Waals surface area contributed by atoms with Gasteiger partial charge in [-0.1, -0.05) is 0 Å². The summed E-state index contributed by atoms with van der Waals surface area (Å²) >= 11 is 0. The molecule has 0 aliphatic heterocycles. The molecule has 0 saturated heterocycles. The Balaban J connectivity index is 4.76. The van der Waals surface area contributed by atoms with Crippen LogP contribution in [0.2, 0.25) is 0 Å². The zero-order valence-electron chi connectivity index (χ0n) is 12.4. The van der Waals surface area contributed by atoms with Crippen LogP contribution in [0.3, 0.4) is 0 Å². The second-order valence-electron chi connectivity index (χ2n) is 5.49. The summed E-state index contributed by atoms with van der Waals surface area (Å²) in [6, 6.07) is -1.66. The summed E-state index contributed by atoms with van der Waals surface area (Å²) in [5.74, 6) is -1.53. The summed E-state index contributed by atoms with van der Waals surface area (Å²) in [5.41, 5.74) is -0.865. The van der Waals surface area contributed by atoms with E-state index in [1.165, 1.54) is 0 Å². The van der Waals surface area contributed by atoms with E-state index < -0.39 is 42.1 Å². The molecule has 0 aliphatic rings. The Morgan fingerprint density at radius 3 is 1.95 bits per heavy atom. The molecule has 0 bridgehead atoms. The highest BCUT2D eigenvalue weighted by Gasteiger charge is 2.40. The fourth-order valence-electron chi connectivity index (χ4n) is 1.29. The van der Waals surface area contributed by atoms with Gasteiger partial charge in [0.1, 0.15) is 5.60 Å². The number of aliphatic carboxylic acids is 1. The summed E-state index contributed by atoms with van der Waals surface area (Å²) in [6.45, 7) is 6.57. The van der Waals surface area contributed by atoms with Gasteiger partial charge in [-0.3, -0.25) is 0 Å². The highest BCUT2D eigenvalue weighted by Crippen LogP contribution is 2.24. The van der Waals surface area contributed by atoms with E-state index in [1.54, 1.807) is 20.8 Å². The quantitative estimate of drug-likeness (QED) is 0.813. The number of alkyl halides is 3. The maximum atomic E-state index is 12.4. The van der Waals surface area contributed by atoms with E-state index in [-0.39, 0.29) is 0 Å². The van der Waals surface area contributed by atoms with Gasteiger partial charge in [-0.25, -0.2) is 9.59 Å². The predicted octanol–water partition coefficient (Wildman–Crippen LogP) is 2.32. The van der Waals surface area contributed by atoms with Crippen molar-refractivity contribution in [2.75, 3.05) is 0 Å². The van der Waals surface area contributed by atoms with Crippen LogP contribution >= 0.6 is 0 Å². The first-order chi connectivity index (χ1) is 9.24. The number of halogens is 3. The van der Waals surface area contributed by atoms with E-state index in [0.29, 0.717) is 0 Å². The Kier molecular flexibility index (Phi) is 6.47. The highest BCUT2D eigenvalue weighted by atomic mass is 19.4. The molecule has 0 heterocycles. The maximum absolute atomic E-state index is 12.4. The van der Waals surface area contributed by atoms with Crippen LogP contribution in [-0.2, 0) is 14.3 Å². The lowest BCUT2D eigenvalue weighted by Gasteiger charge is -2.27. The van der Waals surface area contributed by atoms with E-state index in [1.807, 2.05) is 5.32 Å². The summed E-state index contributed by atoms with van der Waals surface area (Å²) in [7, 11) is 0. The van der Waals surface area contributed by atoms with Gasteiger partial charge in [0.15, 0.2) is 12.1 Å². The van der Waals surface area contributed by atoms with E-state index in [0.717, 1.165) is 13.8 Å². The van der Waals surface area contributed by atoms with E-state index in [9.17, 15) is 22.8 Å². The van der Waals surface area contributed by atoms with Gasteiger partial charge < -0.3 is 19.9 Å². The second-order valence-corrected chi connectivity index (χ2v) is 5.49. The first-order valence-corrected chi connectivity index (χ1v) is 6.18. The molecule has 9 heteroatoms. The fourth-order valence-corrected chi connectivity index (χ4v) is 1.29. The molecule has 0 spiro atoms. The fraction of sp³-hybridized carbons (Fsp3) is 0.833. The molecule has 0 saturated carbocycles. The number of ether oxygens (including phenoxy) is 2. The molecule has 0 fully saturated rings. The Morgan fingerprint density at radius 2 is 1.62 bits per heavy atom. The van der Waals surface area contributed by atoms with Crippen LogP contribution in [0.1, 0.15) is 34.6 Å². The van der Waals surface area contributed by atoms with E-state index >= 15 is 0 Å². The number of amides is 1. The average molecular weight is 315 g/mol. The molecule has 0 aromatic carbocycles. The molecule has 124 valence electrons. The zero-order valence-corrected chi connectivity index (χ0v) is 12.4. The van der Waals surface area contributed by atoms with Gasteiger partial charge in [-0.15, -0.1) is 0 Å². The Bertz CT molecular complexity index is 378. The summed E-state index contributed by atoms with van der Waals surface area (Å²) in [4.78, 5) is 22.5. The van der Waals surface area contributed by atoms with Crippen LogP contribution in [0.15, 0.2) is 0 Å². The minimum Gasteiger partial charge on any atom is -0.480 e. The maximum Gasteiger partial charge on any atom is 0.414 e. The van der Waals surface area contributed by atoms with Crippen molar-refractivity contribution in [3.63, 3.8) is 0 Å². The normalized spacial score (nSPS) is 16.8. The molecule has 0 aliphatic carbocycles. The lowest BCUT2D eigenvalue weighted by Crippen LogP contribution is -2.51. The van der Waals surface area contributed by atoms with Gasteiger partial charge in [-0.05, 0) is 34.6 Å². The molecule has 2 N–H and O–H groups in total. The molecule has 0 aromatic rings. The van der Waals surface area contributed by atoms with Crippen LogP contribution in [0.4, 0.5) is 18.0 Å². The number of rotatable bonds is 5. The lowest BCUT2D eigenvalue weighted by atomic mass is 10.1. The number of hydrogen-bond acceptors (Lipinski definition) is 4. The van der Waals surface area contributed by atoms with Gasteiger partial charge in [-0.2, -0.15) is 13.2 Å². The van der Waals surface area contributed by atoms with Crippen molar-refractivity contribution in [2.45, 2.75) is 64.6 Å². The summed E-state index contributed by atoms with van der Waals surface area (Å²) in [5, 5.41) is 11.0. The number of alkyl carbamates (subject to hydrolysis) is 1. The van der Waals surface area contributed by atoms with Crippen LogP contribution in [0.5, 0.6) is 0 Å². The third-order valence-electron chi connectivity index (χ3n) is 2.29. The van der Waals surface area contributed by atoms with Crippen LogP contribution in [0.25, 0.3) is 0 Å². The van der Waals surface area contributed by atoms with Crippen molar-refractivity contribution in [1.82, 2.24) is 5.32 Å². The largest absolute Gasteiger partial charge is 0.480 e. The second kappa shape index (κ2) is 6.97. The Labute approximate surface area is 120 Å². The average Bonchev–Trinajstić information content (AvgIpc) is 2.21. The molecular weight excluding hydrogens is 295 g/mol.